The SMILES string of the molecule is Cc1cc(N)c(C(F)F)c(N)c1. The first-order valence-electron chi connectivity index (χ1n) is 3.46. The number of benzene rings is 1. The molecule has 0 atom stereocenters. The van der Waals surface area contributed by atoms with Gasteiger partial charge < -0.3 is 11.5 Å². The van der Waals surface area contributed by atoms with Crippen molar-refractivity contribution in [2.45, 2.75) is 13.3 Å². The van der Waals surface area contributed by atoms with Crippen LogP contribution < -0.4 is 11.5 Å². The highest BCUT2D eigenvalue weighted by Crippen LogP contribution is 2.31. The molecule has 0 aliphatic heterocycles. The lowest BCUT2D eigenvalue weighted by Gasteiger charge is -2.08. The largest absolute Gasteiger partial charge is 0.398 e. The van der Waals surface area contributed by atoms with Gasteiger partial charge in [0.05, 0.1) is 5.56 Å². The van der Waals surface area contributed by atoms with Gasteiger partial charge in [0.2, 0.25) is 0 Å². The van der Waals surface area contributed by atoms with Gasteiger partial charge in [0.1, 0.15) is 0 Å². The minimum absolute atomic E-state index is 0.0579. The number of nitrogens with two attached hydrogens (primary N) is 2. The fourth-order valence-electron chi connectivity index (χ4n) is 1.11. The van der Waals surface area contributed by atoms with Gasteiger partial charge in [-0.1, -0.05) is 0 Å². The molecule has 0 aliphatic rings. The molecule has 0 bridgehead atoms. The van der Waals surface area contributed by atoms with E-state index in [1.165, 1.54) is 12.1 Å². The van der Waals surface area contributed by atoms with Crippen molar-refractivity contribution >= 4 is 11.4 Å². The standard InChI is InChI=1S/C8H10F2N2/c1-4-2-5(11)7(8(9)10)6(12)3-4/h2-3,8H,11-12H2,1H3. The summed E-state index contributed by atoms with van der Waals surface area (Å²) in [7, 11) is 0. The minimum Gasteiger partial charge on any atom is -0.398 e. The summed E-state index contributed by atoms with van der Waals surface area (Å²) in [6.07, 6.45) is -2.61. The van der Waals surface area contributed by atoms with E-state index in [0.29, 0.717) is 0 Å². The second-order valence-corrected chi connectivity index (χ2v) is 2.66. The second kappa shape index (κ2) is 2.97. The van der Waals surface area contributed by atoms with Crippen LogP contribution in [-0.4, -0.2) is 0 Å². The highest BCUT2D eigenvalue weighted by molar-refractivity contribution is 5.63. The Morgan fingerprint density at radius 3 is 1.92 bits per heavy atom. The Balaban J connectivity index is 3.28. The van der Waals surface area contributed by atoms with Crippen molar-refractivity contribution in [3.8, 4) is 0 Å². The zero-order chi connectivity index (χ0) is 9.30. The van der Waals surface area contributed by atoms with Gasteiger partial charge in [-0.2, -0.15) is 0 Å². The molecule has 0 aliphatic carbocycles. The average molecular weight is 172 g/mol. The van der Waals surface area contributed by atoms with E-state index in [0.717, 1.165) is 5.56 Å². The molecule has 1 aromatic rings. The third-order valence-electron chi connectivity index (χ3n) is 1.61. The lowest BCUT2D eigenvalue weighted by molar-refractivity contribution is 0.153. The number of rotatable bonds is 1. The monoisotopic (exact) mass is 172 g/mol. The molecule has 0 spiro atoms. The van der Waals surface area contributed by atoms with Crippen molar-refractivity contribution in [3.63, 3.8) is 0 Å². The van der Waals surface area contributed by atoms with E-state index in [9.17, 15) is 8.78 Å². The van der Waals surface area contributed by atoms with Crippen LogP contribution in [0.3, 0.4) is 0 Å². The third-order valence-corrected chi connectivity index (χ3v) is 1.61. The van der Waals surface area contributed by atoms with Crippen molar-refractivity contribution in [2.75, 3.05) is 11.5 Å². The summed E-state index contributed by atoms with van der Waals surface area (Å²) in [5.41, 5.74) is 11.4. The van der Waals surface area contributed by atoms with Gasteiger partial charge in [-0.3, -0.25) is 0 Å². The summed E-state index contributed by atoms with van der Waals surface area (Å²) in [6, 6.07) is 2.97. The summed E-state index contributed by atoms with van der Waals surface area (Å²) < 4.78 is 24.5. The Morgan fingerprint density at radius 1 is 1.17 bits per heavy atom. The van der Waals surface area contributed by atoms with Crippen LogP contribution in [0.4, 0.5) is 20.2 Å². The molecule has 12 heavy (non-hydrogen) atoms. The summed E-state index contributed by atoms with van der Waals surface area (Å²) >= 11 is 0. The van der Waals surface area contributed by atoms with Gasteiger partial charge in [-0.25, -0.2) is 8.78 Å². The quantitative estimate of drug-likeness (QED) is 0.637. The van der Waals surface area contributed by atoms with Crippen molar-refractivity contribution < 1.29 is 8.78 Å². The highest BCUT2D eigenvalue weighted by Gasteiger charge is 2.14. The van der Waals surface area contributed by atoms with Crippen LogP contribution in [0, 0.1) is 6.92 Å². The van der Waals surface area contributed by atoms with Crippen LogP contribution in [-0.2, 0) is 0 Å². The number of alkyl halides is 2. The number of hydrogen-bond acceptors (Lipinski definition) is 2. The van der Waals surface area contributed by atoms with Gasteiger partial charge in [-0.15, -0.1) is 0 Å². The first-order chi connectivity index (χ1) is 5.52. The molecular weight excluding hydrogens is 162 g/mol. The molecule has 66 valence electrons. The molecule has 1 aromatic carbocycles. The molecule has 0 saturated heterocycles. The van der Waals surface area contributed by atoms with Crippen molar-refractivity contribution in [2.24, 2.45) is 0 Å². The van der Waals surface area contributed by atoms with Gasteiger partial charge >= 0.3 is 0 Å². The molecule has 0 aromatic heterocycles. The number of hydrogen-bond donors (Lipinski definition) is 2. The Kier molecular flexibility index (Phi) is 2.17. The summed E-state index contributed by atoms with van der Waals surface area (Å²) in [5.74, 6) is 0. The average Bonchev–Trinajstić information content (AvgIpc) is 1.82. The van der Waals surface area contributed by atoms with Gasteiger partial charge in [-0.05, 0) is 24.6 Å². The zero-order valence-corrected chi connectivity index (χ0v) is 6.64. The van der Waals surface area contributed by atoms with Crippen molar-refractivity contribution in [1.29, 1.82) is 0 Å². The number of anilines is 2. The molecule has 0 radical (unpaired) electrons. The molecule has 0 saturated carbocycles. The molecular formula is C8H10F2N2. The Bertz CT molecular complexity index is 274. The summed E-state index contributed by atoms with van der Waals surface area (Å²) in [4.78, 5) is 0. The minimum atomic E-state index is -2.61. The maximum atomic E-state index is 12.3. The number of aryl methyl sites for hydroxylation is 1. The van der Waals surface area contributed by atoms with Crippen LogP contribution in [0.5, 0.6) is 0 Å². The lowest BCUT2D eigenvalue weighted by Crippen LogP contribution is -2.01. The molecule has 0 fully saturated rings. The van der Waals surface area contributed by atoms with Crippen molar-refractivity contribution in [1.82, 2.24) is 0 Å². The lowest BCUT2D eigenvalue weighted by atomic mass is 10.1. The molecule has 0 unspecified atom stereocenters. The zero-order valence-electron chi connectivity index (χ0n) is 6.64. The fourth-order valence-corrected chi connectivity index (χ4v) is 1.11. The first kappa shape index (κ1) is 8.77. The molecule has 4 N–H and O–H groups in total. The van der Waals surface area contributed by atoms with E-state index < -0.39 is 6.43 Å². The molecule has 1 rings (SSSR count). The molecule has 0 heterocycles. The smallest absolute Gasteiger partial charge is 0.267 e. The van der Waals surface area contributed by atoms with Gasteiger partial charge in [0.15, 0.2) is 0 Å². The predicted molar refractivity (Wildman–Crippen MR) is 45.0 cm³/mol. The maximum Gasteiger partial charge on any atom is 0.267 e. The first-order valence-corrected chi connectivity index (χ1v) is 3.46. The van der Waals surface area contributed by atoms with E-state index in [4.69, 9.17) is 11.5 Å². The normalized spacial score (nSPS) is 10.7. The molecule has 4 heteroatoms. The molecule has 2 nitrogen and oxygen atoms in total. The Morgan fingerprint density at radius 2 is 1.58 bits per heavy atom. The Hall–Kier alpha value is -1.32. The van der Waals surface area contributed by atoms with Crippen molar-refractivity contribution in [3.05, 3.63) is 23.3 Å². The van der Waals surface area contributed by atoms with Gasteiger partial charge in [0, 0.05) is 11.4 Å². The predicted octanol–water partition coefficient (Wildman–Crippen LogP) is 2.10. The van der Waals surface area contributed by atoms with E-state index in [1.807, 2.05) is 0 Å². The summed E-state index contributed by atoms with van der Waals surface area (Å²) in [5, 5.41) is 0. The number of nitrogen functional groups attached to an aromatic ring is 2. The Labute approximate surface area is 69.2 Å². The van der Waals surface area contributed by atoms with Crippen LogP contribution in [0.1, 0.15) is 17.6 Å². The van der Waals surface area contributed by atoms with E-state index in [1.54, 1.807) is 6.92 Å². The van der Waals surface area contributed by atoms with Crippen LogP contribution in [0.25, 0.3) is 0 Å². The van der Waals surface area contributed by atoms with E-state index >= 15 is 0 Å². The summed E-state index contributed by atoms with van der Waals surface area (Å²) in [6.45, 7) is 1.75. The second-order valence-electron chi connectivity index (χ2n) is 2.66. The highest BCUT2D eigenvalue weighted by atomic mass is 19.3. The number of halogens is 2. The van der Waals surface area contributed by atoms with Crippen LogP contribution in [0.2, 0.25) is 0 Å². The van der Waals surface area contributed by atoms with Crippen LogP contribution in [0.15, 0.2) is 12.1 Å². The fraction of sp³-hybridized carbons (Fsp3) is 0.250. The third kappa shape index (κ3) is 1.47. The van der Waals surface area contributed by atoms with E-state index in [2.05, 4.69) is 0 Å². The van der Waals surface area contributed by atoms with Gasteiger partial charge in [0.25, 0.3) is 6.43 Å². The topological polar surface area (TPSA) is 52.0 Å². The van der Waals surface area contributed by atoms with E-state index in [-0.39, 0.29) is 16.9 Å². The maximum absolute atomic E-state index is 12.3. The molecule has 0 amide bonds. The van der Waals surface area contributed by atoms with Crippen LogP contribution >= 0.6 is 0 Å².